The summed E-state index contributed by atoms with van der Waals surface area (Å²) < 4.78 is 5.14. The minimum atomic E-state index is -0.593. The highest BCUT2D eigenvalue weighted by atomic mass is 32.2. The molecule has 1 heterocycles. The molecule has 0 bridgehead atoms. The SMILES string of the molecule is CNC(C)(CCCCSc1nc(C)ns1)C(N)=O. The van der Waals surface area contributed by atoms with Gasteiger partial charge < -0.3 is 11.1 Å². The zero-order valence-corrected chi connectivity index (χ0v) is 12.7. The fourth-order valence-electron chi connectivity index (χ4n) is 1.45. The largest absolute Gasteiger partial charge is 0.368 e. The second-order valence-corrected chi connectivity index (χ2v) is 6.45. The van der Waals surface area contributed by atoms with Crippen LogP contribution in [-0.2, 0) is 4.79 Å². The summed E-state index contributed by atoms with van der Waals surface area (Å²) in [5.41, 5.74) is 4.77. The fourth-order valence-corrected chi connectivity index (χ4v) is 3.16. The second-order valence-electron chi connectivity index (χ2n) is 4.36. The number of rotatable bonds is 8. The highest BCUT2D eigenvalue weighted by Crippen LogP contribution is 2.22. The molecule has 0 saturated carbocycles. The fraction of sp³-hybridized carbons (Fsp3) is 0.727. The van der Waals surface area contributed by atoms with Gasteiger partial charge in [-0.05, 0) is 45.3 Å². The van der Waals surface area contributed by atoms with Crippen LogP contribution >= 0.6 is 23.3 Å². The number of amides is 1. The molecule has 1 amide bonds. The second kappa shape index (κ2) is 7.06. The predicted molar refractivity (Wildman–Crippen MR) is 75.9 cm³/mol. The Kier molecular flexibility index (Phi) is 6.04. The Morgan fingerprint density at radius 2 is 2.28 bits per heavy atom. The summed E-state index contributed by atoms with van der Waals surface area (Å²) in [6.45, 7) is 3.74. The molecule has 1 aromatic heterocycles. The van der Waals surface area contributed by atoms with Crippen molar-refractivity contribution in [3.8, 4) is 0 Å². The first-order chi connectivity index (χ1) is 8.48. The topological polar surface area (TPSA) is 80.9 Å². The molecule has 0 saturated heterocycles. The third-order valence-electron chi connectivity index (χ3n) is 2.90. The number of aryl methyl sites for hydroxylation is 1. The van der Waals surface area contributed by atoms with E-state index in [9.17, 15) is 4.79 Å². The molecular weight excluding hydrogens is 268 g/mol. The first-order valence-electron chi connectivity index (χ1n) is 5.90. The van der Waals surface area contributed by atoms with E-state index in [0.29, 0.717) is 0 Å². The van der Waals surface area contributed by atoms with Crippen molar-refractivity contribution in [3.63, 3.8) is 0 Å². The number of nitrogens with one attached hydrogen (secondary N) is 1. The van der Waals surface area contributed by atoms with Crippen molar-refractivity contribution in [1.29, 1.82) is 0 Å². The van der Waals surface area contributed by atoms with E-state index >= 15 is 0 Å². The lowest BCUT2D eigenvalue weighted by Gasteiger charge is -2.25. The van der Waals surface area contributed by atoms with E-state index in [4.69, 9.17) is 5.73 Å². The minimum absolute atomic E-state index is 0.294. The highest BCUT2D eigenvalue weighted by Gasteiger charge is 2.27. The summed E-state index contributed by atoms with van der Waals surface area (Å²) in [5, 5.41) is 2.99. The molecule has 0 aliphatic rings. The van der Waals surface area contributed by atoms with Gasteiger partial charge in [-0.25, -0.2) is 4.98 Å². The van der Waals surface area contributed by atoms with Crippen LogP contribution in [0.5, 0.6) is 0 Å². The lowest BCUT2D eigenvalue weighted by molar-refractivity contribution is -0.123. The number of unbranched alkanes of at least 4 members (excludes halogenated alkanes) is 1. The molecular formula is C11H20N4OS2. The summed E-state index contributed by atoms with van der Waals surface area (Å²) in [6, 6.07) is 0. The average molecular weight is 288 g/mol. The first kappa shape index (κ1) is 15.4. The van der Waals surface area contributed by atoms with E-state index in [2.05, 4.69) is 14.7 Å². The first-order valence-corrected chi connectivity index (χ1v) is 7.66. The van der Waals surface area contributed by atoms with Crippen molar-refractivity contribution in [2.24, 2.45) is 5.73 Å². The number of hydrogen-bond acceptors (Lipinski definition) is 6. The number of likely N-dealkylation sites (N-methyl/N-ethyl adjacent to an activating group) is 1. The third-order valence-corrected chi connectivity index (χ3v) is 4.91. The van der Waals surface area contributed by atoms with Crippen molar-refractivity contribution >= 4 is 29.2 Å². The van der Waals surface area contributed by atoms with Crippen LogP contribution in [-0.4, -0.2) is 33.6 Å². The van der Waals surface area contributed by atoms with Crippen LogP contribution in [0.2, 0.25) is 0 Å². The summed E-state index contributed by atoms with van der Waals surface area (Å²) in [7, 11) is 1.77. The van der Waals surface area contributed by atoms with E-state index in [1.807, 2.05) is 13.8 Å². The molecule has 0 aliphatic carbocycles. The van der Waals surface area contributed by atoms with Crippen molar-refractivity contribution in [2.75, 3.05) is 12.8 Å². The van der Waals surface area contributed by atoms with Crippen molar-refractivity contribution in [2.45, 2.75) is 43.0 Å². The molecule has 3 N–H and O–H groups in total. The minimum Gasteiger partial charge on any atom is -0.368 e. The number of primary amides is 1. The summed E-state index contributed by atoms with van der Waals surface area (Å²) in [5.74, 6) is 1.53. The van der Waals surface area contributed by atoms with Crippen LogP contribution in [0, 0.1) is 6.92 Å². The molecule has 0 aliphatic heterocycles. The number of nitrogens with zero attached hydrogens (tertiary/aromatic N) is 2. The molecule has 18 heavy (non-hydrogen) atoms. The van der Waals surface area contributed by atoms with Gasteiger partial charge in [0.1, 0.15) is 5.82 Å². The molecule has 7 heteroatoms. The molecule has 5 nitrogen and oxygen atoms in total. The van der Waals surface area contributed by atoms with E-state index < -0.39 is 5.54 Å². The van der Waals surface area contributed by atoms with Gasteiger partial charge in [0.2, 0.25) is 5.91 Å². The quantitative estimate of drug-likeness (QED) is 0.560. The van der Waals surface area contributed by atoms with Gasteiger partial charge in [0, 0.05) is 5.75 Å². The molecule has 1 aromatic rings. The van der Waals surface area contributed by atoms with Crippen LogP contribution < -0.4 is 11.1 Å². The summed E-state index contributed by atoms with van der Waals surface area (Å²) in [6.07, 6.45) is 2.76. The molecule has 102 valence electrons. The van der Waals surface area contributed by atoms with E-state index in [1.54, 1.807) is 18.8 Å². The van der Waals surface area contributed by atoms with Crippen LogP contribution in [0.4, 0.5) is 0 Å². The number of carbonyl (C=O) groups is 1. The Bertz CT molecular complexity index is 396. The standard InChI is InChI=1S/C11H20N4OS2/c1-8-14-10(18-15-8)17-7-5-4-6-11(2,13-3)9(12)16/h13H,4-7H2,1-3H3,(H2,12,16). The number of thioether (sulfide) groups is 1. The van der Waals surface area contributed by atoms with Gasteiger partial charge in [0.15, 0.2) is 4.34 Å². The Labute approximate surface area is 116 Å². The molecule has 0 radical (unpaired) electrons. The van der Waals surface area contributed by atoms with Crippen molar-refractivity contribution in [1.82, 2.24) is 14.7 Å². The van der Waals surface area contributed by atoms with Gasteiger partial charge in [-0.1, -0.05) is 18.2 Å². The van der Waals surface area contributed by atoms with Crippen LogP contribution in [0.3, 0.4) is 0 Å². The Morgan fingerprint density at radius 1 is 1.56 bits per heavy atom. The van der Waals surface area contributed by atoms with Gasteiger partial charge in [-0.15, -0.1) is 0 Å². The van der Waals surface area contributed by atoms with Gasteiger partial charge in [0.05, 0.1) is 5.54 Å². The number of nitrogens with two attached hydrogens (primary N) is 1. The molecule has 0 fully saturated rings. The molecule has 0 spiro atoms. The maximum atomic E-state index is 11.3. The molecule has 1 unspecified atom stereocenters. The molecule has 1 rings (SSSR count). The maximum Gasteiger partial charge on any atom is 0.237 e. The van der Waals surface area contributed by atoms with E-state index in [1.165, 1.54) is 11.5 Å². The number of carbonyl (C=O) groups excluding carboxylic acids is 1. The number of hydrogen-bond donors (Lipinski definition) is 2. The van der Waals surface area contributed by atoms with Gasteiger partial charge in [-0.2, -0.15) is 4.37 Å². The Morgan fingerprint density at radius 3 is 2.78 bits per heavy atom. The van der Waals surface area contributed by atoms with Gasteiger partial charge in [-0.3, -0.25) is 4.79 Å². The normalized spacial score (nSPS) is 14.4. The third kappa shape index (κ3) is 4.55. The maximum absolute atomic E-state index is 11.3. The molecule has 0 aromatic carbocycles. The van der Waals surface area contributed by atoms with Gasteiger partial charge >= 0.3 is 0 Å². The summed E-state index contributed by atoms with van der Waals surface area (Å²) >= 11 is 3.15. The zero-order valence-electron chi connectivity index (χ0n) is 11.0. The van der Waals surface area contributed by atoms with Crippen molar-refractivity contribution in [3.05, 3.63) is 5.82 Å². The lowest BCUT2D eigenvalue weighted by atomic mass is 9.94. The van der Waals surface area contributed by atoms with Crippen LogP contribution in [0.1, 0.15) is 32.0 Å². The highest BCUT2D eigenvalue weighted by molar-refractivity contribution is 8.00. The van der Waals surface area contributed by atoms with Crippen molar-refractivity contribution < 1.29 is 4.79 Å². The van der Waals surface area contributed by atoms with Crippen LogP contribution in [0.25, 0.3) is 0 Å². The predicted octanol–water partition coefficient (Wildman–Crippen LogP) is 1.57. The Hall–Kier alpha value is -0.660. The van der Waals surface area contributed by atoms with Crippen LogP contribution in [0.15, 0.2) is 4.34 Å². The van der Waals surface area contributed by atoms with E-state index in [0.717, 1.165) is 35.2 Å². The number of aromatic nitrogens is 2. The zero-order chi connectivity index (χ0) is 13.6. The monoisotopic (exact) mass is 288 g/mol. The summed E-state index contributed by atoms with van der Waals surface area (Å²) in [4.78, 5) is 15.6. The smallest absolute Gasteiger partial charge is 0.237 e. The van der Waals surface area contributed by atoms with Gasteiger partial charge in [0.25, 0.3) is 0 Å². The van der Waals surface area contributed by atoms with E-state index in [-0.39, 0.29) is 5.91 Å². The Balaban J connectivity index is 2.20. The average Bonchev–Trinajstić information content (AvgIpc) is 2.74. The molecule has 1 atom stereocenters. The lowest BCUT2D eigenvalue weighted by Crippen LogP contribution is -2.51.